The third-order valence-corrected chi connectivity index (χ3v) is 5.80. The van der Waals surface area contributed by atoms with Crippen molar-refractivity contribution in [2.75, 3.05) is 13.2 Å². The van der Waals surface area contributed by atoms with Crippen LogP contribution >= 0.6 is 0 Å². The number of hydrogen-bond acceptors (Lipinski definition) is 5. The molecule has 0 aliphatic carbocycles. The van der Waals surface area contributed by atoms with Crippen LogP contribution in [0.5, 0.6) is 0 Å². The van der Waals surface area contributed by atoms with Crippen LogP contribution in [0.4, 0.5) is 0 Å². The second-order valence-corrected chi connectivity index (χ2v) is 8.10. The molecule has 8 nitrogen and oxygen atoms in total. The fraction of sp³-hybridized carbons (Fsp3) is 0.417. The van der Waals surface area contributed by atoms with Gasteiger partial charge >= 0.3 is 5.97 Å². The number of hydrogen-bond donors (Lipinski definition) is 0. The number of aromatic nitrogens is 4. The maximum Gasteiger partial charge on any atom is 0.359 e. The first-order chi connectivity index (χ1) is 15.5. The molecule has 4 rings (SSSR count). The predicted octanol–water partition coefficient (Wildman–Crippen LogP) is 2.70. The maximum absolute atomic E-state index is 13.0. The van der Waals surface area contributed by atoms with E-state index in [9.17, 15) is 9.59 Å². The summed E-state index contributed by atoms with van der Waals surface area (Å²) in [7, 11) is 0. The number of carbonyl (C=O) groups excluding carboxylic acids is 2. The predicted molar refractivity (Wildman–Crippen MR) is 119 cm³/mol. The Morgan fingerprint density at radius 1 is 1.09 bits per heavy atom. The van der Waals surface area contributed by atoms with E-state index in [1.165, 1.54) is 5.56 Å². The van der Waals surface area contributed by atoms with Crippen molar-refractivity contribution in [3.63, 3.8) is 0 Å². The number of nitrogens with zero attached hydrogens (tertiary/aromatic N) is 5. The molecule has 0 fully saturated rings. The van der Waals surface area contributed by atoms with Gasteiger partial charge in [-0.2, -0.15) is 10.2 Å². The van der Waals surface area contributed by atoms with Crippen LogP contribution in [0.3, 0.4) is 0 Å². The van der Waals surface area contributed by atoms with E-state index in [1.807, 2.05) is 42.8 Å². The van der Waals surface area contributed by atoms with Crippen LogP contribution in [0.25, 0.3) is 0 Å². The topological polar surface area (TPSA) is 82.3 Å². The Morgan fingerprint density at radius 3 is 2.56 bits per heavy atom. The molecule has 0 spiro atoms. The van der Waals surface area contributed by atoms with Gasteiger partial charge in [0.25, 0.3) is 0 Å². The summed E-state index contributed by atoms with van der Waals surface area (Å²) < 4.78 is 8.89. The maximum atomic E-state index is 13.0. The van der Waals surface area contributed by atoms with Crippen molar-refractivity contribution in [2.24, 2.45) is 0 Å². The zero-order valence-electron chi connectivity index (χ0n) is 18.9. The number of rotatable bonds is 7. The summed E-state index contributed by atoms with van der Waals surface area (Å²) in [5.74, 6) is -0.455. The molecule has 0 atom stereocenters. The highest BCUT2D eigenvalue weighted by atomic mass is 16.5. The number of esters is 1. The van der Waals surface area contributed by atoms with E-state index >= 15 is 0 Å². The molecule has 8 heteroatoms. The molecule has 168 valence electrons. The summed E-state index contributed by atoms with van der Waals surface area (Å²) >= 11 is 0. The lowest BCUT2D eigenvalue weighted by atomic mass is 10.0. The van der Waals surface area contributed by atoms with E-state index < -0.39 is 5.97 Å². The van der Waals surface area contributed by atoms with Crippen LogP contribution in [0.2, 0.25) is 0 Å². The lowest BCUT2D eigenvalue weighted by molar-refractivity contribution is -0.133. The Kier molecular flexibility index (Phi) is 6.39. The molecular formula is C24H29N5O3. The SMILES string of the molecule is CCOC(=O)c1nn(CCc2ccccc2)c2c1CN(C(=O)Cn1nc(C)cc1C)CC2. The molecule has 32 heavy (non-hydrogen) atoms. The molecule has 1 aliphatic rings. The van der Waals surface area contributed by atoms with Gasteiger partial charge in [0.2, 0.25) is 5.91 Å². The minimum absolute atomic E-state index is 0.0197. The zero-order chi connectivity index (χ0) is 22.7. The van der Waals surface area contributed by atoms with Crippen molar-refractivity contribution >= 4 is 11.9 Å². The van der Waals surface area contributed by atoms with Gasteiger partial charge in [-0.1, -0.05) is 30.3 Å². The molecule has 0 radical (unpaired) electrons. The van der Waals surface area contributed by atoms with Gasteiger partial charge in [0.1, 0.15) is 6.54 Å². The van der Waals surface area contributed by atoms with Crippen molar-refractivity contribution in [1.82, 2.24) is 24.5 Å². The van der Waals surface area contributed by atoms with Gasteiger partial charge in [-0.3, -0.25) is 14.2 Å². The van der Waals surface area contributed by atoms with Crippen molar-refractivity contribution < 1.29 is 14.3 Å². The van der Waals surface area contributed by atoms with E-state index in [1.54, 1.807) is 16.5 Å². The third-order valence-electron chi connectivity index (χ3n) is 5.80. The van der Waals surface area contributed by atoms with Crippen molar-refractivity contribution in [2.45, 2.75) is 53.2 Å². The van der Waals surface area contributed by atoms with Gasteiger partial charge in [0, 0.05) is 43.0 Å². The van der Waals surface area contributed by atoms with Crippen LogP contribution in [-0.4, -0.2) is 49.5 Å². The lowest BCUT2D eigenvalue weighted by Gasteiger charge is -2.28. The Labute approximate surface area is 187 Å². The van der Waals surface area contributed by atoms with Crippen LogP contribution in [0.15, 0.2) is 36.4 Å². The van der Waals surface area contributed by atoms with Crippen LogP contribution in [-0.2, 0) is 42.0 Å². The van der Waals surface area contributed by atoms with E-state index in [2.05, 4.69) is 22.3 Å². The average Bonchev–Trinajstić information content (AvgIpc) is 3.31. The van der Waals surface area contributed by atoms with Gasteiger partial charge < -0.3 is 9.64 Å². The second kappa shape index (κ2) is 9.38. The highest BCUT2D eigenvalue weighted by molar-refractivity contribution is 5.89. The molecule has 1 aromatic carbocycles. The number of aryl methyl sites for hydroxylation is 4. The van der Waals surface area contributed by atoms with E-state index in [-0.39, 0.29) is 19.1 Å². The molecule has 0 unspecified atom stereocenters. The number of ether oxygens (including phenoxy) is 1. The molecule has 1 aliphatic heterocycles. The molecular weight excluding hydrogens is 406 g/mol. The number of benzene rings is 1. The average molecular weight is 436 g/mol. The Bertz CT molecular complexity index is 1120. The van der Waals surface area contributed by atoms with Crippen LogP contribution in [0.1, 0.15) is 45.6 Å². The first-order valence-corrected chi connectivity index (χ1v) is 11.0. The number of carbonyl (C=O) groups is 2. The van der Waals surface area contributed by atoms with E-state index in [0.29, 0.717) is 31.7 Å². The van der Waals surface area contributed by atoms with Crippen LogP contribution < -0.4 is 0 Å². The van der Waals surface area contributed by atoms with Gasteiger partial charge in [0.15, 0.2) is 5.69 Å². The standard InChI is InChI=1S/C24H29N5O3/c1-4-32-24(31)23-20-15-27(22(30)16-29-18(3)14-17(2)25-29)12-11-21(20)28(26-23)13-10-19-8-6-5-7-9-19/h5-9,14H,4,10-13,15-16H2,1-3H3. The summed E-state index contributed by atoms with van der Waals surface area (Å²) in [5.41, 5.74) is 5.18. The van der Waals surface area contributed by atoms with Crippen molar-refractivity contribution in [3.05, 3.63) is 70.3 Å². The van der Waals surface area contributed by atoms with E-state index in [0.717, 1.165) is 29.1 Å². The first-order valence-electron chi connectivity index (χ1n) is 11.0. The summed E-state index contributed by atoms with van der Waals surface area (Å²) in [4.78, 5) is 27.4. The zero-order valence-corrected chi connectivity index (χ0v) is 18.9. The molecule has 1 amide bonds. The molecule has 3 heterocycles. The quantitative estimate of drug-likeness (QED) is 0.533. The fourth-order valence-corrected chi connectivity index (χ4v) is 4.19. The van der Waals surface area contributed by atoms with Crippen molar-refractivity contribution in [1.29, 1.82) is 0 Å². The normalized spacial score (nSPS) is 13.2. The Hall–Kier alpha value is -3.42. The molecule has 0 saturated heterocycles. The van der Waals surface area contributed by atoms with Gasteiger partial charge in [0.05, 0.1) is 12.3 Å². The third kappa shape index (κ3) is 4.59. The van der Waals surface area contributed by atoms with Crippen LogP contribution in [0, 0.1) is 13.8 Å². The first kappa shape index (κ1) is 21.8. The monoisotopic (exact) mass is 435 g/mol. The number of fused-ring (bicyclic) bond motifs is 1. The molecule has 0 N–H and O–H groups in total. The van der Waals surface area contributed by atoms with Crippen molar-refractivity contribution in [3.8, 4) is 0 Å². The fourth-order valence-electron chi connectivity index (χ4n) is 4.19. The van der Waals surface area contributed by atoms with Gasteiger partial charge in [-0.05, 0) is 38.8 Å². The largest absolute Gasteiger partial charge is 0.461 e. The summed E-state index contributed by atoms with van der Waals surface area (Å²) in [6, 6.07) is 12.2. The molecule has 3 aromatic rings. The molecule has 2 aromatic heterocycles. The lowest BCUT2D eigenvalue weighted by Crippen LogP contribution is -2.39. The minimum atomic E-state index is -0.435. The summed E-state index contributed by atoms with van der Waals surface area (Å²) in [6.45, 7) is 7.72. The summed E-state index contributed by atoms with van der Waals surface area (Å²) in [5, 5.41) is 9.00. The minimum Gasteiger partial charge on any atom is -0.461 e. The Morgan fingerprint density at radius 2 is 1.88 bits per heavy atom. The highest BCUT2D eigenvalue weighted by Crippen LogP contribution is 2.24. The smallest absolute Gasteiger partial charge is 0.359 e. The second-order valence-electron chi connectivity index (χ2n) is 8.10. The number of amides is 1. The van der Waals surface area contributed by atoms with E-state index in [4.69, 9.17) is 4.74 Å². The van der Waals surface area contributed by atoms with Gasteiger partial charge in [-0.25, -0.2) is 4.79 Å². The summed E-state index contributed by atoms with van der Waals surface area (Å²) in [6.07, 6.45) is 1.47. The Balaban J connectivity index is 1.55. The molecule has 0 bridgehead atoms. The molecule has 0 saturated carbocycles. The highest BCUT2D eigenvalue weighted by Gasteiger charge is 2.30. The van der Waals surface area contributed by atoms with Gasteiger partial charge in [-0.15, -0.1) is 0 Å².